The first-order valence-electron chi connectivity index (χ1n) is 5.08. The van der Waals surface area contributed by atoms with E-state index in [0.29, 0.717) is 18.5 Å². The third-order valence-electron chi connectivity index (χ3n) is 2.53. The van der Waals surface area contributed by atoms with Gasteiger partial charge in [0.1, 0.15) is 10.8 Å². The number of hydrogen-bond acceptors (Lipinski definition) is 3. The smallest absolute Gasteiger partial charge is 0.126 e. The Morgan fingerprint density at radius 3 is 2.94 bits per heavy atom. The van der Waals surface area contributed by atoms with Gasteiger partial charge in [0.25, 0.3) is 0 Å². The topological polar surface area (TPSA) is 38.9 Å². The Bertz CT molecular complexity index is 494. The average molecular weight is 236 g/mol. The van der Waals surface area contributed by atoms with Gasteiger partial charge in [0.2, 0.25) is 0 Å². The van der Waals surface area contributed by atoms with E-state index in [1.165, 1.54) is 6.07 Å². The molecule has 2 rings (SSSR count). The van der Waals surface area contributed by atoms with Crippen LogP contribution in [-0.4, -0.2) is 4.98 Å². The van der Waals surface area contributed by atoms with E-state index in [-0.39, 0.29) is 5.82 Å². The lowest BCUT2D eigenvalue weighted by atomic mass is 10.0. The Kier molecular flexibility index (Phi) is 3.31. The van der Waals surface area contributed by atoms with Gasteiger partial charge in [-0.15, -0.1) is 11.3 Å². The van der Waals surface area contributed by atoms with Crippen LogP contribution in [0.2, 0.25) is 0 Å². The Balaban J connectivity index is 2.23. The van der Waals surface area contributed by atoms with E-state index in [2.05, 4.69) is 4.98 Å². The zero-order valence-electron chi connectivity index (χ0n) is 9.03. The van der Waals surface area contributed by atoms with Crippen molar-refractivity contribution in [2.45, 2.75) is 19.9 Å². The quantitative estimate of drug-likeness (QED) is 0.889. The van der Waals surface area contributed by atoms with Gasteiger partial charge in [-0.3, -0.25) is 0 Å². The van der Waals surface area contributed by atoms with Gasteiger partial charge in [-0.2, -0.15) is 0 Å². The molecule has 0 fully saturated rings. The van der Waals surface area contributed by atoms with Crippen LogP contribution >= 0.6 is 11.3 Å². The average Bonchev–Trinajstić information content (AvgIpc) is 2.73. The van der Waals surface area contributed by atoms with Crippen molar-refractivity contribution in [2.75, 3.05) is 0 Å². The number of nitrogens with zero attached hydrogens (tertiary/aromatic N) is 1. The predicted octanol–water partition coefficient (Wildman–Crippen LogP) is 2.64. The van der Waals surface area contributed by atoms with Crippen molar-refractivity contribution < 1.29 is 4.39 Å². The van der Waals surface area contributed by atoms with Crippen molar-refractivity contribution in [3.8, 4) is 0 Å². The molecule has 0 saturated heterocycles. The molecule has 84 valence electrons. The summed E-state index contributed by atoms with van der Waals surface area (Å²) in [6.07, 6.45) is 0.667. The molecular formula is C12H13FN2S. The number of aromatic nitrogens is 1. The number of nitrogens with two attached hydrogens (primary N) is 1. The lowest BCUT2D eigenvalue weighted by Crippen LogP contribution is -1.97. The highest BCUT2D eigenvalue weighted by molar-refractivity contribution is 7.09. The van der Waals surface area contributed by atoms with Gasteiger partial charge in [-0.1, -0.05) is 12.1 Å². The van der Waals surface area contributed by atoms with E-state index in [1.54, 1.807) is 24.3 Å². The molecule has 1 heterocycles. The summed E-state index contributed by atoms with van der Waals surface area (Å²) in [4.78, 5) is 4.37. The molecule has 0 aliphatic heterocycles. The predicted molar refractivity (Wildman–Crippen MR) is 63.9 cm³/mol. The molecule has 0 spiro atoms. The lowest BCUT2D eigenvalue weighted by Gasteiger charge is -2.04. The summed E-state index contributed by atoms with van der Waals surface area (Å²) in [5.74, 6) is -0.160. The summed E-state index contributed by atoms with van der Waals surface area (Å²) in [6.45, 7) is 2.26. The molecule has 0 aliphatic rings. The van der Waals surface area contributed by atoms with Gasteiger partial charge in [-0.05, 0) is 24.1 Å². The minimum atomic E-state index is -0.160. The Hall–Kier alpha value is -1.26. The molecule has 0 unspecified atom stereocenters. The minimum Gasteiger partial charge on any atom is -0.325 e. The summed E-state index contributed by atoms with van der Waals surface area (Å²) < 4.78 is 13.3. The molecule has 16 heavy (non-hydrogen) atoms. The minimum absolute atomic E-state index is 0.160. The summed E-state index contributed by atoms with van der Waals surface area (Å²) in [5.41, 5.74) is 8.14. The first kappa shape index (κ1) is 11.2. The number of hydrogen-bond donors (Lipinski definition) is 1. The van der Waals surface area contributed by atoms with Crippen LogP contribution < -0.4 is 5.73 Å². The number of benzene rings is 1. The fraction of sp³-hybridized carbons (Fsp3) is 0.250. The van der Waals surface area contributed by atoms with E-state index in [4.69, 9.17) is 5.73 Å². The summed E-state index contributed by atoms with van der Waals surface area (Å²) in [7, 11) is 0. The van der Waals surface area contributed by atoms with Crippen LogP contribution in [0.15, 0.2) is 23.6 Å². The Morgan fingerprint density at radius 2 is 2.25 bits per heavy atom. The molecular weight excluding hydrogens is 223 g/mol. The van der Waals surface area contributed by atoms with Crippen molar-refractivity contribution in [2.24, 2.45) is 5.73 Å². The maximum absolute atomic E-state index is 13.3. The zero-order chi connectivity index (χ0) is 11.5. The van der Waals surface area contributed by atoms with Crippen molar-refractivity contribution in [3.05, 3.63) is 51.2 Å². The van der Waals surface area contributed by atoms with Crippen LogP contribution in [-0.2, 0) is 13.0 Å². The maximum Gasteiger partial charge on any atom is 0.126 e. The number of rotatable bonds is 3. The van der Waals surface area contributed by atoms with E-state index in [0.717, 1.165) is 16.3 Å². The molecule has 2 N–H and O–H groups in total. The number of halogens is 1. The Morgan fingerprint density at radius 1 is 1.44 bits per heavy atom. The molecule has 2 aromatic rings. The van der Waals surface area contributed by atoms with Gasteiger partial charge in [0.15, 0.2) is 0 Å². The molecule has 0 radical (unpaired) electrons. The molecule has 4 heteroatoms. The molecule has 2 nitrogen and oxygen atoms in total. The molecule has 0 saturated carbocycles. The second kappa shape index (κ2) is 4.72. The fourth-order valence-corrected chi connectivity index (χ4v) is 2.24. The normalized spacial score (nSPS) is 10.7. The Labute approximate surface area is 97.9 Å². The highest BCUT2D eigenvalue weighted by Gasteiger charge is 2.06. The van der Waals surface area contributed by atoms with Crippen molar-refractivity contribution in [1.29, 1.82) is 0 Å². The van der Waals surface area contributed by atoms with Crippen molar-refractivity contribution in [1.82, 2.24) is 4.98 Å². The van der Waals surface area contributed by atoms with Crippen LogP contribution in [0.3, 0.4) is 0 Å². The van der Waals surface area contributed by atoms with E-state index in [9.17, 15) is 4.39 Å². The largest absolute Gasteiger partial charge is 0.325 e. The summed E-state index contributed by atoms with van der Waals surface area (Å²) in [5, 5.41) is 2.90. The molecule has 1 aromatic carbocycles. The summed E-state index contributed by atoms with van der Waals surface area (Å²) in [6, 6.07) is 5.14. The first-order valence-corrected chi connectivity index (χ1v) is 5.96. The van der Waals surface area contributed by atoms with E-state index < -0.39 is 0 Å². The van der Waals surface area contributed by atoms with Crippen molar-refractivity contribution in [3.63, 3.8) is 0 Å². The van der Waals surface area contributed by atoms with Gasteiger partial charge in [-0.25, -0.2) is 9.37 Å². The molecule has 0 amide bonds. The van der Waals surface area contributed by atoms with E-state index in [1.807, 2.05) is 11.4 Å². The summed E-state index contributed by atoms with van der Waals surface area (Å²) >= 11 is 1.55. The highest BCUT2D eigenvalue weighted by Crippen LogP contribution is 2.18. The molecule has 0 bridgehead atoms. The van der Waals surface area contributed by atoms with Gasteiger partial charge < -0.3 is 5.73 Å². The highest BCUT2D eigenvalue weighted by atomic mass is 32.1. The lowest BCUT2D eigenvalue weighted by molar-refractivity contribution is 0.616. The SMILES string of the molecule is Cc1c(F)cccc1Cc1csc(CN)n1. The van der Waals surface area contributed by atoms with Crippen LogP contribution in [0.4, 0.5) is 4.39 Å². The third-order valence-corrected chi connectivity index (χ3v) is 3.45. The molecule has 0 atom stereocenters. The van der Waals surface area contributed by atoms with Gasteiger partial charge in [0.05, 0.1) is 5.69 Å². The standard InChI is InChI=1S/C12H13FN2S/c1-8-9(3-2-4-11(8)13)5-10-7-16-12(6-14)15-10/h2-4,7H,5-6,14H2,1H3. The maximum atomic E-state index is 13.3. The third kappa shape index (κ3) is 2.28. The second-order valence-corrected chi connectivity index (χ2v) is 4.58. The van der Waals surface area contributed by atoms with Crippen LogP contribution in [0.5, 0.6) is 0 Å². The van der Waals surface area contributed by atoms with Gasteiger partial charge in [0, 0.05) is 18.3 Å². The van der Waals surface area contributed by atoms with E-state index >= 15 is 0 Å². The van der Waals surface area contributed by atoms with Crippen LogP contribution in [0.1, 0.15) is 21.8 Å². The van der Waals surface area contributed by atoms with Crippen LogP contribution in [0, 0.1) is 12.7 Å². The molecule has 1 aromatic heterocycles. The molecule has 0 aliphatic carbocycles. The fourth-order valence-electron chi connectivity index (χ4n) is 1.56. The second-order valence-electron chi connectivity index (χ2n) is 3.64. The number of thiazole rings is 1. The monoisotopic (exact) mass is 236 g/mol. The van der Waals surface area contributed by atoms with Crippen LogP contribution in [0.25, 0.3) is 0 Å². The van der Waals surface area contributed by atoms with Gasteiger partial charge >= 0.3 is 0 Å². The van der Waals surface area contributed by atoms with Crippen molar-refractivity contribution >= 4 is 11.3 Å². The zero-order valence-corrected chi connectivity index (χ0v) is 9.85. The first-order chi connectivity index (χ1) is 7.70.